The van der Waals surface area contributed by atoms with E-state index < -0.39 is 0 Å². The van der Waals surface area contributed by atoms with Gasteiger partial charge in [0.05, 0.1) is 22.1 Å². The molecule has 0 saturated heterocycles. The fourth-order valence-corrected chi connectivity index (χ4v) is 8.37. The van der Waals surface area contributed by atoms with Crippen LogP contribution in [0.1, 0.15) is 0 Å². The molecule has 0 spiro atoms. The second kappa shape index (κ2) is 8.74. The van der Waals surface area contributed by atoms with Gasteiger partial charge in [0.2, 0.25) is 0 Å². The third-order valence-electron chi connectivity index (χ3n) is 10.2. The van der Waals surface area contributed by atoms with Crippen molar-refractivity contribution in [2.75, 3.05) is 0 Å². The van der Waals surface area contributed by atoms with E-state index in [0.717, 1.165) is 0 Å². The first-order chi connectivity index (χ1) is 22.8. The molecule has 2 heterocycles. The minimum absolute atomic E-state index is 1.17. The Morgan fingerprint density at radius 2 is 1.00 bits per heavy atom. The van der Waals surface area contributed by atoms with Crippen LogP contribution in [0.5, 0.6) is 0 Å². The van der Waals surface area contributed by atoms with Crippen molar-refractivity contribution in [3.63, 3.8) is 0 Å². The normalized spacial score (nSPS) is 12.3. The lowest BCUT2D eigenvalue weighted by molar-refractivity contribution is 1.17. The van der Waals surface area contributed by atoms with Crippen molar-refractivity contribution >= 4 is 65.2 Å². The summed E-state index contributed by atoms with van der Waals surface area (Å²) in [5.74, 6) is 0. The number of fused-ring (bicyclic) bond motifs is 12. The highest BCUT2D eigenvalue weighted by Crippen LogP contribution is 2.49. The molecule has 0 unspecified atom stereocenters. The largest absolute Gasteiger partial charge is 0.309 e. The van der Waals surface area contributed by atoms with E-state index in [1.165, 1.54) is 98.8 Å². The maximum absolute atomic E-state index is 2.48. The summed E-state index contributed by atoms with van der Waals surface area (Å²) in [6, 6.07) is 58.2. The molecule has 1 aliphatic carbocycles. The molecule has 212 valence electrons. The summed E-state index contributed by atoms with van der Waals surface area (Å²) in [5.41, 5.74) is 12.5. The summed E-state index contributed by atoms with van der Waals surface area (Å²) >= 11 is 0. The number of hydrogen-bond acceptors (Lipinski definition) is 0. The SMILES string of the molecule is c1ccc(-n2c3ccc4ccccc4c3c3ccc4c(c5ccccc5n4-c4ccc5c(c4)-c4cccc6cccc-5c46)c32)cc1. The van der Waals surface area contributed by atoms with E-state index in [9.17, 15) is 0 Å². The van der Waals surface area contributed by atoms with E-state index >= 15 is 0 Å². The average Bonchev–Trinajstić information content (AvgIpc) is 3.75. The monoisotopic (exact) mass is 582 g/mol. The van der Waals surface area contributed by atoms with Crippen LogP contribution in [0.25, 0.3) is 98.8 Å². The first-order valence-corrected chi connectivity index (χ1v) is 16.0. The zero-order valence-corrected chi connectivity index (χ0v) is 24.9. The smallest absolute Gasteiger partial charge is 0.0641 e. The van der Waals surface area contributed by atoms with Crippen LogP contribution >= 0.6 is 0 Å². The first-order valence-electron chi connectivity index (χ1n) is 16.0. The Morgan fingerprint density at radius 3 is 1.87 bits per heavy atom. The van der Waals surface area contributed by atoms with Crippen molar-refractivity contribution < 1.29 is 0 Å². The Hall–Kier alpha value is -6.12. The van der Waals surface area contributed by atoms with Gasteiger partial charge < -0.3 is 9.13 Å². The van der Waals surface area contributed by atoms with Gasteiger partial charge in [0.15, 0.2) is 0 Å². The van der Waals surface area contributed by atoms with E-state index in [1.807, 2.05) is 0 Å². The summed E-state index contributed by atoms with van der Waals surface area (Å²) in [6.07, 6.45) is 0. The molecular formula is C44H26N2. The van der Waals surface area contributed by atoms with E-state index in [4.69, 9.17) is 0 Å². The van der Waals surface area contributed by atoms with E-state index in [-0.39, 0.29) is 0 Å². The molecular weight excluding hydrogens is 556 g/mol. The Balaban J connectivity index is 1.29. The van der Waals surface area contributed by atoms with Crippen molar-refractivity contribution in [3.05, 3.63) is 158 Å². The second-order valence-corrected chi connectivity index (χ2v) is 12.5. The van der Waals surface area contributed by atoms with Gasteiger partial charge in [-0.3, -0.25) is 0 Å². The van der Waals surface area contributed by atoms with Crippen molar-refractivity contribution in [1.82, 2.24) is 9.13 Å². The molecule has 2 heteroatoms. The first kappa shape index (κ1) is 24.2. The molecule has 0 atom stereocenters. The summed E-state index contributed by atoms with van der Waals surface area (Å²) < 4.78 is 4.95. The molecule has 1 aliphatic rings. The minimum Gasteiger partial charge on any atom is -0.309 e. The van der Waals surface area contributed by atoms with Crippen LogP contribution in [-0.4, -0.2) is 9.13 Å². The van der Waals surface area contributed by atoms with E-state index in [0.29, 0.717) is 0 Å². The number of nitrogens with zero attached hydrogens (tertiary/aromatic N) is 2. The van der Waals surface area contributed by atoms with Crippen LogP contribution in [-0.2, 0) is 0 Å². The zero-order valence-electron chi connectivity index (χ0n) is 24.9. The Kier molecular flexibility index (Phi) is 4.61. The lowest BCUT2D eigenvalue weighted by atomic mass is 10.0. The van der Waals surface area contributed by atoms with Gasteiger partial charge in [-0.25, -0.2) is 0 Å². The Bertz CT molecular complexity index is 2900. The Labute approximate surface area is 265 Å². The fraction of sp³-hybridized carbons (Fsp3) is 0. The minimum atomic E-state index is 1.17. The molecule has 0 amide bonds. The molecule has 46 heavy (non-hydrogen) atoms. The molecule has 11 rings (SSSR count). The maximum atomic E-state index is 2.48. The number of benzene rings is 8. The van der Waals surface area contributed by atoms with Gasteiger partial charge in [-0.15, -0.1) is 0 Å². The zero-order chi connectivity index (χ0) is 29.9. The molecule has 2 aromatic heterocycles. The highest BCUT2D eigenvalue weighted by Gasteiger charge is 2.24. The molecule has 0 aliphatic heterocycles. The van der Waals surface area contributed by atoms with E-state index in [2.05, 4.69) is 167 Å². The number of hydrogen-bond donors (Lipinski definition) is 0. The van der Waals surface area contributed by atoms with Crippen LogP contribution < -0.4 is 0 Å². The lowest BCUT2D eigenvalue weighted by Gasteiger charge is -2.12. The van der Waals surface area contributed by atoms with Crippen molar-refractivity contribution in [2.24, 2.45) is 0 Å². The lowest BCUT2D eigenvalue weighted by Crippen LogP contribution is -1.95. The van der Waals surface area contributed by atoms with Gasteiger partial charge in [0.25, 0.3) is 0 Å². The van der Waals surface area contributed by atoms with Crippen LogP contribution in [0.2, 0.25) is 0 Å². The number of para-hydroxylation sites is 2. The Morgan fingerprint density at radius 1 is 0.304 bits per heavy atom. The molecule has 2 nitrogen and oxygen atoms in total. The number of rotatable bonds is 2. The quantitative estimate of drug-likeness (QED) is 0.192. The molecule has 0 saturated carbocycles. The van der Waals surface area contributed by atoms with Gasteiger partial charge in [0, 0.05) is 32.9 Å². The van der Waals surface area contributed by atoms with Gasteiger partial charge >= 0.3 is 0 Å². The topological polar surface area (TPSA) is 9.86 Å². The molecule has 8 aromatic carbocycles. The van der Waals surface area contributed by atoms with Gasteiger partial charge in [-0.1, -0.05) is 115 Å². The fourth-order valence-electron chi connectivity index (χ4n) is 8.37. The van der Waals surface area contributed by atoms with Gasteiger partial charge in [-0.2, -0.15) is 0 Å². The predicted octanol–water partition coefficient (Wildman–Crippen LogP) is 11.8. The van der Waals surface area contributed by atoms with Crippen LogP contribution in [0.3, 0.4) is 0 Å². The third-order valence-corrected chi connectivity index (χ3v) is 10.2. The van der Waals surface area contributed by atoms with Crippen molar-refractivity contribution in [1.29, 1.82) is 0 Å². The van der Waals surface area contributed by atoms with Crippen LogP contribution in [0, 0.1) is 0 Å². The summed E-state index contributed by atoms with van der Waals surface area (Å²) in [5, 5.41) is 10.3. The highest BCUT2D eigenvalue weighted by atomic mass is 15.0. The third kappa shape index (κ3) is 3.01. The molecule has 0 fully saturated rings. The van der Waals surface area contributed by atoms with Gasteiger partial charge in [0.1, 0.15) is 0 Å². The number of aromatic nitrogens is 2. The molecule has 0 radical (unpaired) electrons. The summed E-state index contributed by atoms with van der Waals surface area (Å²) in [4.78, 5) is 0. The molecule has 0 N–H and O–H groups in total. The van der Waals surface area contributed by atoms with Crippen LogP contribution in [0.15, 0.2) is 158 Å². The molecule has 0 bridgehead atoms. The summed E-state index contributed by atoms with van der Waals surface area (Å²) in [7, 11) is 0. The highest BCUT2D eigenvalue weighted by molar-refractivity contribution is 6.30. The van der Waals surface area contributed by atoms with Crippen LogP contribution in [0.4, 0.5) is 0 Å². The predicted molar refractivity (Wildman–Crippen MR) is 195 cm³/mol. The molecule has 10 aromatic rings. The second-order valence-electron chi connectivity index (χ2n) is 12.5. The maximum Gasteiger partial charge on any atom is 0.0641 e. The summed E-state index contributed by atoms with van der Waals surface area (Å²) in [6.45, 7) is 0. The standard InChI is InChI=1S/C44H26N2/c1-2-13-29(14-3-1)46-39-24-20-27-10-4-5-15-31(27)42(39)36-23-25-40-43(44(36)46)35-16-6-7-19-38(35)45(40)30-21-22-32-33-17-8-11-28-12-9-18-34(41(28)33)37(32)26-30/h1-26H. The van der Waals surface area contributed by atoms with Crippen molar-refractivity contribution in [2.45, 2.75) is 0 Å². The average molecular weight is 583 g/mol. The van der Waals surface area contributed by atoms with Crippen molar-refractivity contribution in [3.8, 4) is 33.6 Å². The van der Waals surface area contributed by atoms with E-state index in [1.54, 1.807) is 0 Å². The van der Waals surface area contributed by atoms with Gasteiger partial charge in [-0.05, 0) is 86.3 Å².